The molecule has 1 unspecified atom stereocenters. The molecule has 0 radical (unpaired) electrons. The summed E-state index contributed by atoms with van der Waals surface area (Å²) in [4.78, 5) is 4.00. The Morgan fingerprint density at radius 2 is 2.04 bits per heavy atom. The van der Waals surface area contributed by atoms with Gasteiger partial charge in [-0.2, -0.15) is 0 Å². The third-order valence-corrected chi connectivity index (χ3v) is 6.52. The van der Waals surface area contributed by atoms with Crippen molar-refractivity contribution in [3.63, 3.8) is 0 Å². The molecule has 2 aliphatic rings. The maximum absolute atomic E-state index is 10.5. The fourth-order valence-electron chi connectivity index (χ4n) is 4.98. The molecular formula is C21H29NO3. The molecule has 2 fully saturated rings. The summed E-state index contributed by atoms with van der Waals surface area (Å²) in [5.74, 6) is 1.04. The predicted octanol–water partition coefficient (Wildman–Crippen LogP) is 3.51. The lowest BCUT2D eigenvalue weighted by Crippen LogP contribution is -2.55. The second-order valence-electron chi connectivity index (χ2n) is 7.94. The van der Waals surface area contributed by atoms with Gasteiger partial charge >= 0.3 is 0 Å². The standard InChI is InChI=1S/C21H29NO3/c1-15-4-5-18-20(2,10-6-19(24)21(18,3)14-23)17(15)9-13-25-16-7-11-22-12-8-16/h7-9,11-12,18-19,23-24H,1,4-6,10,13-14H2,2-3H3/b17-9-/t18?,19-,20+,21+/m1/s1. The van der Waals surface area contributed by atoms with Crippen LogP contribution in [0, 0.1) is 16.7 Å². The van der Waals surface area contributed by atoms with Crippen molar-refractivity contribution in [2.24, 2.45) is 16.7 Å². The monoisotopic (exact) mass is 343 g/mol. The van der Waals surface area contributed by atoms with Gasteiger partial charge in [0.2, 0.25) is 0 Å². The van der Waals surface area contributed by atoms with Crippen LogP contribution in [-0.2, 0) is 0 Å². The average Bonchev–Trinajstić information content (AvgIpc) is 2.62. The van der Waals surface area contributed by atoms with Crippen LogP contribution >= 0.6 is 0 Å². The molecule has 4 heteroatoms. The van der Waals surface area contributed by atoms with E-state index in [9.17, 15) is 10.2 Å². The molecule has 0 bridgehead atoms. The molecule has 2 aliphatic carbocycles. The van der Waals surface area contributed by atoms with E-state index in [0.717, 1.165) is 30.6 Å². The van der Waals surface area contributed by atoms with Crippen molar-refractivity contribution in [2.75, 3.05) is 13.2 Å². The molecule has 3 rings (SSSR count). The Bertz CT molecular complexity index is 656. The highest BCUT2D eigenvalue weighted by Gasteiger charge is 2.55. The summed E-state index contributed by atoms with van der Waals surface area (Å²) < 4.78 is 5.82. The topological polar surface area (TPSA) is 62.6 Å². The highest BCUT2D eigenvalue weighted by molar-refractivity contribution is 5.39. The first-order valence-corrected chi connectivity index (χ1v) is 9.12. The molecule has 0 spiro atoms. The number of fused-ring (bicyclic) bond motifs is 1. The van der Waals surface area contributed by atoms with Crippen LogP contribution in [0.15, 0.2) is 48.3 Å². The van der Waals surface area contributed by atoms with Gasteiger partial charge in [-0.05, 0) is 60.8 Å². The number of rotatable bonds is 4. The Labute approximate surface area is 150 Å². The maximum Gasteiger partial charge on any atom is 0.122 e. The fourth-order valence-corrected chi connectivity index (χ4v) is 4.98. The van der Waals surface area contributed by atoms with Gasteiger partial charge < -0.3 is 14.9 Å². The number of ether oxygens (including phenoxy) is 1. The fraction of sp³-hybridized carbons (Fsp3) is 0.571. The van der Waals surface area contributed by atoms with Crippen molar-refractivity contribution < 1.29 is 14.9 Å². The van der Waals surface area contributed by atoms with Gasteiger partial charge in [-0.1, -0.05) is 26.0 Å². The maximum atomic E-state index is 10.5. The van der Waals surface area contributed by atoms with Crippen molar-refractivity contribution in [3.05, 3.63) is 48.3 Å². The summed E-state index contributed by atoms with van der Waals surface area (Å²) in [6.07, 6.45) is 8.62. The highest BCUT2D eigenvalue weighted by Crippen LogP contribution is 2.60. The van der Waals surface area contributed by atoms with Gasteiger partial charge in [0.25, 0.3) is 0 Å². The van der Waals surface area contributed by atoms with Crippen LogP contribution in [0.1, 0.15) is 39.5 Å². The number of allylic oxidation sites excluding steroid dienone is 2. The van der Waals surface area contributed by atoms with E-state index in [4.69, 9.17) is 4.74 Å². The zero-order valence-electron chi connectivity index (χ0n) is 15.2. The minimum atomic E-state index is -0.460. The van der Waals surface area contributed by atoms with Crippen LogP contribution in [0.4, 0.5) is 0 Å². The molecule has 0 saturated heterocycles. The van der Waals surface area contributed by atoms with Gasteiger partial charge in [0, 0.05) is 17.8 Å². The SMILES string of the molecule is C=C1CCC2[C@@](C)(CC[C@@H](O)[C@@]2(C)CO)/C1=C\COc1ccncc1. The summed E-state index contributed by atoms with van der Waals surface area (Å²) in [6, 6.07) is 3.69. The smallest absolute Gasteiger partial charge is 0.122 e. The Morgan fingerprint density at radius 3 is 2.72 bits per heavy atom. The molecule has 136 valence electrons. The van der Waals surface area contributed by atoms with E-state index in [-0.39, 0.29) is 17.9 Å². The molecule has 0 aromatic carbocycles. The molecule has 1 aromatic rings. The largest absolute Gasteiger partial charge is 0.489 e. The highest BCUT2D eigenvalue weighted by atomic mass is 16.5. The van der Waals surface area contributed by atoms with Gasteiger partial charge in [0.05, 0.1) is 12.7 Å². The number of hydrogen-bond acceptors (Lipinski definition) is 4. The van der Waals surface area contributed by atoms with E-state index in [1.807, 2.05) is 19.1 Å². The zero-order chi connectivity index (χ0) is 18.1. The van der Waals surface area contributed by atoms with E-state index < -0.39 is 11.5 Å². The van der Waals surface area contributed by atoms with E-state index in [0.29, 0.717) is 13.0 Å². The summed E-state index contributed by atoms with van der Waals surface area (Å²) in [5.41, 5.74) is 1.87. The predicted molar refractivity (Wildman–Crippen MR) is 98.2 cm³/mol. The van der Waals surface area contributed by atoms with Crippen LogP contribution < -0.4 is 4.74 Å². The van der Waals surface area contributed by atoms with Crippen molar-refractivity contribution >= 4 is 0 Å². The van der Waals surface area contributed by atoms with Crippen LogP contribution in [0.5, 0.6) is 5.75 Å². The van der Waals surface area contributed by atoms with E-state index >= 15 is 0 Å². The van der Waals surface area contributed by atoms with Gasteiger partial charge in [0.1, 0.15) is 12.4 Å². The van der Waals surface area contributed by atoms with Crippen molar-refractivity contribution in [1.29, 1.82) is 0 Å². The quantitative estimate of drug-likeness (QED) is 0.878. The van der Waals surface area contributed by atoms with Gasteiger partial charge in [-0.25, -0.2) is 0 Å². The average molecular weight is 343 g/mol. The zero-order valence-corrected chi connectivity index (χ0v) is 15.2. The molecular weight excluding hydrogens is 314 g/mol. The second-order valence-corrected chi connectivity index (χ2v) is 7.94. The Kier molecular flexibility index (Phi) is 5.03. The summed E-state index contributed by atoms with van der Waals surface area (Å²) in [5, 5.41) is 20.5. The number of nitrogens with zero attached hydrogens (tertiary/aromatic N) is 1. The second kappa shape index (κ2) is 6.93. The third kappa shape index (κ3) is 3.13. The molecule has 2 N–H and O–H groups in total. The van der Waals surface area contributed by atoms with Crippen LogP contribution in [0.2, 0.25) is 0 Å². The number of aromatic nitrogens is 1. The number of aliphatic hydroxyl groups excluding tert-OH is 2. The first-order valence-electron chi connectivity index (χ1n) is 9.12. The van der Waals surface area contributed by atoms with E-state index in [1.165, 1.54) is 5.57 Å². The normalized spacial score (nSPS) is 37.0. The van der Waals surface area contributed by atoms with Crippen LogP contribution in [-0.4, -0.2) is 34.5 Å². The molecule has 4 nitrogen and oxygen atoms in total. The first kappa shape index (κ1) is 18.2. The van der Waals surface area contributed by atoms with Crippen molar-refractivity contribution in [1.82, 2.24) is 4.98 Å². The first-order chi connectivity index (χ1) is 11.9. The minimum absolute atomic E-state index is 0.0156. The lowest BCUT2D eigenvalue weighted by molar-refractivity contribution is -0.123. The molecule has 0 aliphatic heterocycles. The minimum Gasteiger partial charge on any atom is -0.489 e. The molecule has 0 amide bonds. The molecule has 25 heavy (non-hydrogen) atoms. The Morgan fingerprint density at radius 1 is 1.32 bits per heavy atom. The summed E-state index contributed by atoms with van der Waals surface area (Å²) in [7, 11) is 0. The summed E-state index contributed by atoms with van der Waals surface area (Å²) >= 11 is 0. The lowest BCUT2D eigenvalue weighted by atomic mass is 9.48. The summed E-state index contributed by atoms with van der Waals surface area (Å²) in [6.45, 7) is 9.08. The lowest BCUT2D eigenvalue weighted by Gasteiger charge is -2.57. The van der Waals surface area contributed by atoms with Crippen molar-refractivity contribution in [3.8, 4) is 5.75 Å². The third-order valence-electron chi connectivity index (χ3n) is 6.52. The van der Waals surface area contributed by atoms with Crippen LogP contribution in [0.3, 0.4) is 0 Å². The van der Waals surface area contributed by atoms with Gasteiger partial charge in [-0.15, -0.1) is 0 Å². The van der Waals surface area contributed by atoms with Crippen molar-refractivity contribution in [2.45, 2.75) is 45.6 Å². The van der Waals surface area contributed by atoms with Crippen LogP contribution in [0.25, 0.3) is 0 Å². The van der Waals surface area contributed by atoms with Gasteiger partial charge in [-0.3, -0.25) is 4.98 Å². The molecule has 1 heterocycles. The number of pyridine rings is 1. The Hall–Kier alpha value is -1.65. The van der Waals surface area contributed by atoms with E-state index in [2.05, 4.69) is 24.6 Å². The number of hydrogen-bond donors (Lipinski definition) is 2. The number of aliphatic hydroxyl groups is 2. The molecule has 4 atom stereocenters. The Balaban J connectivity index is 1.85. The molecule has 2 saturated carbocycles. The van der Waals surface area contributed by atoms with E-state index in [1.54, 1.807) is 12.4 Å². The molecule has 1 aromatic heterocycles. The van der Waals surface area contributed by atoms with Gasteiger partial charge in [0.15, 0.2) is 0 Å².